The van der Waals surface area contributed by atoms with Gasteiger partial charge >= 0.3 is 6.18 Å². The zero-order chi connectivity index (χ0) is 19.2. The number of hydrogen-bond donors (Lipinski definition) is 1. The highest BCUT2D eigenvalue weighted by atomic mass is 32.1. The molecule has 0 unspecified atom stereocenters. The van der Waals surface area contributed by atoms with Gasteiger partial charge in [0.1, 0.15) is 0 Å². The van der Waals surface area contributed by atoms with Gasteiger partial charge in [-0.1, -0.05) is 11.3 Å². The molecule has 1 aromatic carbocycles. The lowest BCUT2D eigenvalue weighted by Gasteiger charge is -2.33. The molecule has 0 spiro atoms. The molecule has 4 rings (SSSR count). The molecule has 2 aromatic rings. The van der Waals surface area contributed by atoms with Crippen LogP contribution in [0, 0.1) is 0 Å². The normalized spacial score (nSPS) is 24.0. The van der Waals surface area contributed by atoms with Gasteiger partial charge in [0.05, 0.1) is 15.8 Å². The molecular formula is C18H18F3N3O2S. The maximum atomic E-state index is 12.8. The summed E-state index contributed by atoms with van der Waals surface area (Å²) in [6.45, 7) is 0. The first kappa shape index (κ1) is 18.2. The van der Waals surface area contributed by atoms with Gasteiger partial charge in [-0.25, -0.2) is 4.98 Å². The number of likely N-dealkylation sites (tertiary alicyclic amines) is 1. The van der Waals surface area contributed by atoms with E-state index in [1.165, 1.54) is 22.3 Å². The molecule has 2 heterocycles. The number of carbonyl (C=O) groups excluding carboxylic acids is 2. The second kappa shape index (κ2) is 6.78. The van der Waals surface area contributed by atoms with Crippen molar-refractivity contribution in [2.24, 2.45) is 0 Å². The number of nitrogens with zero attached hydrogens (tertiary/aromatic N) is 2. The van der Waals surface area contributed by atoms with Crippen molar-refractivity contribution in [1.82, 2.24) is 9.88 Å². The van der Waals surface area contributed by atoms with E-state index in [0.29, 0.717) is 28.2 Å². The summed E-state index contributed by atoms with van der Waals surface area (Å²) in [5, 5.41) is 3.90. The van der Waals surface area contributed by atoms with Crippen molar-refractivity contribution in [3.8, 4) is 0 Å². The van der Waals surface area contributed by atoms with Crippen LogP contribution in [-0.2, 0) is 15.8 Å². The first-order valence-corrected chi connectivity index (χ1v) is 9.72. The predicted octanol–water partition coefficient (Wildman–Crippen LogP) is 4.19. The topological polar surface area (TPSA) is 62.3 Å². The number of anilines is 1. The summed E-state index contributed by atoms with van der Waals surface area (Å²) in [7, 11) is 0. The number of alkyl halides is 3. The van der Waals surface area contributed by atoms with E-state index in [1.807, 2.05) is 0 Å². The van der Waals surface area contributed by atoms with Gasteiger partial charge in [0, 0.05) is 24.9 Å². The Kier molecular flexibility index (Phi) is 4.57. The first-order valence-electron chi connectivity index (χ1n) is 8.90. The van der Waals surface area contributed by atoms with E-state index in [-0.39, 0.29) is 23.9 Å². The van der Waals surface area contributed by atoms with Crippen LogP contribution in [-0.4, -0.2) is 33.8 Å². The van der Waals surface area contributed by atoms with Crippen LogP contribution >= 0.6 is 11.3 Å². The molecule has 0 bridgehead atoms. The summed E-state index contributed by atoms with van der Waals surface area (Å²) in [6, 6.07) is 3.69. The Labute approximate surface area is 157 Å². The standard InChI is InChI=1S/C18H18F3N3O2S/c19-18(20,21)10-1-6-14-13(9-10)23-17(27-14)22-11-2-4-12(5-3-11)24-15(25)7-8-16(24)26/h1,6,9,11-12H,2-5,7-8H2,(H,22,23). The fourth-order valence-electron chi connectivity index (χ4n) is 3.82. The van der Waals surface area contributed by atoms with E-state index in [4.69, 9.17) is 0 Å². The largest absolute Gasteiger partial charge is 0.416 e. The second-order valence-corrected chi connectivity index (χ2v) is 8.04. The van der Waals surface area contributed by atoms with Crippen molar-refractivity contribution < 1.29 is 22.8 Å². The van der Waals surface area contributed by atoms with Crippen molar-refractivity contribution in [3.05, 3.63) is 23.8 Å². The van der Waals surface area contributed by atoms with Crippen LogP contribution in [0.25, 0.3) is 10.2 Å². The van der Waals surface area contributed by atoms with E-state index in [1.54, 1.807) is 0 Å². The number of thiazole rings is 1. The summed E-state index contributed by atoms with van der Waals surface area (Å²) >= 11 is 1.33. The molecule has 1 aliphatic heterocycles. The van der Waals surface area contributed by atoms with Gasteiger partial charge in [0.15, 0.2) is 5.13 Å². The van der Waals surface area contributed by atoms with Crippen LogP contribution in [0.3, 0.4) is 0 Å². The maximum Gasteiger partial charge on any atom is 0.416 e. The zero-order valence-corrected chi connectivity index (χ0v) is 15.2. The van der Waals surface area contributed by atoms with Crippen LogP contribution in [0.2, 0.25) is 0 Å². The Hall–Kier alpha value is -2.16. The number of nitrogens with one attached hydrogen (secondary N) is 1. The average molecular weight is 397 g/mol. The number of aromatic nitrogens is 1. The van der Waals surface area contributed by atoms with Gasteiger partial charge in [0.25, 0.3) is 0 Å². The van der Waals surface area contributed by atoms with Gasteiger partial charge in [0.2, 0.25) is 11.8 Å². The number of hydrogen-bond acceptors (Lipinski definition) is 5. The van der Waals surface area contributed by atoms with Crippen molar-refractivity contribution >= 4 is 38.5 Å². The van der Waals surface area contributed by atoms with Crippen molar-refractivity contribution in [2.45, 2.75) is 56.8 Å². The lowest BCUT2D eigenvalue weighted by Crippen LogP contribution is -2.43. The van der Waals surface area contributed by atoms with E-state index >= 15 is 0 Å². The molecule has 0 atom stereocenters. The Bertz CT molecular complexity index is 872. The lowest BCUT2D eigenvalue weighted by atomic mass is 9.90. The zero-order valence-electron chi connectivity index (χ0n) is 14.4. The van der Waals surface area contributed by atoms with Gasteiger partial charge in [-0.2, -0.15) is 13.2 Å². The molecule has 27 heavy (non-hydrogen) atoms. The minimum atomic E-state index is -4.38. The number of imide groups is 1. The quantitative estimate of drug-likeness (QED) is 0.789. The molecule has 9 heteroatoms. The average Bonchev–Trinajstić information content (AvgIpc) is 3.17. The molecule has 144 valence electrons. The Morgan fingerprint density at radius 1 is 1.07 bits per heavy atom. The van der Waals surface area contributed by atoms with Crippen LogP contribution in [0.4, 0.5) is 18.3 Å². The molecular weight excluding hydrogens is 379 g/mol. The van der Waals surface area contributed by atoms with Gasteiger partial charge in [-0.05, 0) is 43.9 Å². The number of amides is 2. The number of fused-ring (bicyclic) bond motifs is 1. The minimum Gasteiger partial charge on any atom is -0.359 e. The number of rotatable bonds is 3. The van der Waals surface area contributed by atoms with Crippen molar-refractivity contribution in [2.75, 3.05) is 5.32 Å². The highest BCUT2D eigenvalue weighted by Crippen LogP contribution is 2.35. The molecule has 2 amide bonds. The monoisotopic (exact) mass is 397 g/mol. The maximum absolute atomic E-state index is 12.8. The molecule has 5 nitrogen and oxygen atoms in total. The number of carbonyl (C=O) groups is 2. The summed E-state index contributed by atoms with van der Waals surface area (Å²) in [5.41, 5.74) is -0.369. The SMILES string of the molecule is O=C1CCC(=O)N1C1CCC(Nc2nc3cc(C(F)(F)F)ccc3s2)CC1. The van der Waals surface area contributed by atoms with E-state index in [9.17, 15) is 22.8 Å². The molecule has 0 radical (unpaired) electrons. The Morgan fingerprint density at radius 2 is 1.74 bits per heavy atom. The van der Waals surface area contributed by atoms with Gasteiger partial charge < -0.3 is 5.32 Å². The third kappa shape index (κ3) is 3.65. The minimum absolute atomic E-state index is 0.0322. The number of benzene rings is 1. The molecule has 1 aliphatic carbocycles. The first-order chi connectivity index (χ1) is 12.8. The molecule has 1 saturated heterocycles. The summed E-state index contributed by atoms with van der Waals surface area (Å²) in [4.78, 5) is 29.4. The predicted molar refractivity (Wildman–Crippen MR) is 95.4 cm³/mol. The van der Waals surface area contributed by atoms with Crippen LogP contribution in [0.1, 0.15) is 44.1 Å². The van der Waals surface area contributed by atoms with E-state index in [0.717, 1.165) is 37.8 Å². The third-order valence-electron chi connectivity index (χ3n) is 5.19. The fraction of sp³-hybridized carbons (Fsp3) is 0.500. The van der Waals surface area contributed by atoms with Crippen LogP contribution < -0.4 is 5.32 Å². The molecule has 1 N–H and O–H groups in total. The summed E-state index contributed by atoms with van der Waals surface area (Å²) in [6.07, 6.45) is -0.729. The molecule has 1 aromatic heterocycles. The fourth-order valence-corrected chi connectivity index (χ4v) is 4.74. The second-order valence-electron chi connectivity index (χ2n) is 7.01. The van der Waals surface area contributed by atoms with E-state index < -0.39 is 11.7 Å². The third-order valence-corrected chi connectivity index (χ3v) is 6.16. The highest BCUT2D eigenvalue weighted by Gasteiger charge is 2.37. The van der Waals surface area contributed by atoms with Crippen molar-refractivity contribution in [3.63, 3.8) is 0 Å². The molecule has 1 saturated carbocycles. The summed E-state index contributed by atoms with van der Waals surface area (Å²) in [5.74, 6) is -0.161. The highest BCUT2D eigenvalue weighted by molar-refractivity contribution is 7.22. The van der Waals surface area contributed by atoms with E-state index in [2.05, 4.69) is 10.3 Å². The summed E-state index contributed by atoms with van der Waals surface area (Å²) < 4.78 is 39.2. The van der Waals surface area contributed by atoms with Crippen molar-refractivity contribution in [1.29, 1.82) is 0 Å². The molecule has 2 fully saturated rings. The Balaban J connectivity index is 1.40. The van der Waals surface area contributed by atoms with Gasteiger partial charge in [-0.3, -0.25) is 14.5 Å². The lowest BCUT2D eigenvalue weighted by molar-refractivity contribution is -0.142. The molecule has 2 aliphatic rings. The smallest absolute Gasteiger partial charge is 0.359 e. The number of halogens is 3. The van der Waals surface area contributed by atoms with Crippen LogP contribution in [0.15, 0.2) is 18.2 Å². The van der Waals surface area contributed by atoms with Gasteiger partial charge in [-0.15, -0.1) is 0 Å². The Morgan fingerprint density at radius 3 is 2.37 bits per heavy atom. The van der Waals surface area contributed by atoms with Crippen LogP contribution in [0.5, 0.6) is 0 Å².